The normalized spacial score (nSPS) is 11.4. The average Bonchev–Trinajstić information content (AvgIpc) is 2.09. The molecule has 1 aromatic rings. The first-order valence-corrected chi connectivity index (χ1v) is 3.98. The van der Waals surface area contributed by atoms with Gasteiger partial charge in [0.15, 0.2) is 0 Å². The summed E-state index contributed by atoms with van der Waals surface area (Å²) in [6.07, 6.45) is 8.04. The molecule has 0 aliphatic heterocycles. The van der Waals surface area contributed by atoms with Crippen molar-refractivity contribution in [2.45, 2.75) is 6.92 Å². The van der Waals surface area contributed by atoms with E-state index in [-0.39, 0.29) is 0 Å². The van der Waals surface area contributed by atoms with Crippen molar-refractivity contribution in [1.82, 2.24) is 0 Å². The zero-order valence-electron chi connectivity index (χ0n) is 7.20. The van der Waals surface area contributed by atoms with Gasteiger partial charge in [-0.2, -0.15) is 0 Å². The third-order valence-electron chi connectivity index (χ3n) is 1.53. The fourth-order valence-electron chi connectivity index (χ4n) is 0.885. The van der Waals surface area contributed by atoms with Crippen LogP contribution in [0.1, 0.15) is 12.5 Å². The van der Waals surface area contributed by atoms with Gasteiger partial charge in [-0.05, 0) is 24.6 Å². The molecule has 0 heterocycles. The van der Waals surface area contributed by atoms with Crippen LogP contribution < -0.4 is 5.73 Å². The van der Waals surface area contributed by atoms with E-state index in [0.29, 0.717) is 0 Å². The second-order valence-electron chi connectivity index (χ2n) is 2.55. The first kappa shape index (κ1) is 8.60. The molecule has 0 spiro atoms. The smallest absolute Gasteiger partial charge is 0.0314 e. The summed E-state index contributed by atoms with van der Waals surface area (Å²) in [6, 6.07) is 7.79. The molecule has 0 atom stereocenters. The molecule has 0 bridgehead atoms. The second-order valence-corrected chi connectivity index (χ2v) is 2.55. The number of nitrogens with two attached hydrogens (primary N) is 1. The molecule has 0 fully saturated rings. The molecular formula is C11H13N. The van der Waals surface area contributed by atoms with E-state index < -0.39 is 0 Å². The van der Waals surface area contributed by atoms with E-state index in [1.807, 2.05) is 55.5 Å². The second kappa shape index (κ2) is 4.39. The SMILES string of the molecule is CC=CC=Cc1ccc(N)cc1. The van der Waals surface area contributed by atoms with Gasteiger partial charge in [-0.1, -0.05) is 36.4 Å². The van der Waals surface area contributed by atoms with Crippen LogP contribution in [0.25, 0.3) is 6.08 Å². The Labute approximate surface area is 73.2 Å². The van der Waals surface area contributed by atoms with Gasteiger partial charge in [0.1, 0.15) is 0 Å². The minimum atomic E-state index is 0.804. The van der Waals surface area contributed by atoms with Gasteiger partial charge in [0, 0.05) is 5.69 Å². The van der Waals surface area contributed by atoms with Crippen molar-refractivity contribution >= 4 is 11.8 Å². The quantitative estimate of drug-likeness (QED) is 0.521. The summed E-state index contributed by atoms with van der Waals surface area (Å²) >= 11 is 0. The largest absolute Gasteiger partial charge is 0.399 e. The zero-order chi connectivity index (χ0) is 8.81. The van der Waals surface area contributed by atoms with Crippen molar-refractivity contribution in [3.05, 3.63) is 48.1 Å². The summed E-state index contributed by atoms with van der Waals surface area (Å²) in [7, 11) is 0. The Balaban J connectivity index is 2.70. The maximum absolute atomic E-state index is 5.54. The van der Waals surface area contributed by atoms with E-state index in [2.05, 4.69) is 0 Å². The minimum Gasteiger partial charge on any atom is -0.399 e. The Morgan fingerprint density at radius 2 is 1.75 bits per heavy atom. The molecule has 2 N–H and O–H groups in total. The number of anilines is 1. The van der Waals surface area contributed by atoms with Crippen LogP contribution in [0.15, 0.2) is 42.5 Å². The minimum absolute atomic E-state index is 0.804. The van der Waals surface area contributed by atoms with Gasteiger partial charge < -0.3 is 5.73 Å². The fourth-order valence-corrected chi connectivity index (χ4v) is 0.885. The molecule has 0 amide bonds. The molecule has 0 aliphatic rings. The van der Waals surface area contributed by atoms with Gasteiger partial charge in [-0.25, -0.2) is 0 Å². The number of hydrogen-bond donors (Lipinski definition) is 1. The van der Waals surface area contributed by atoms with E-state index >= 15 is 0 Å². The highest BCUT2D eigenvalue weighted by Crippen LogP contribution is 2.06. The maximum Gasteiger partial charge on any atom is 0.0314 e. The van der Waals surface area contributed by atoms with E-state index in [1.165, 1.54) is 5.56 Å². The van der Waals surface area contributed by atoms with Crippen molar-refractivity contribution in [1.29, 1.82) is 0 Å². The predicted molar refractivity (Wildman–Crippen MR) is 54.7 cm³/mol. The molecule has 0 saturated heterocycles. The highest BCUT2D eigenvalue weighted by atomic mass is 14.5. The van der Waals surface area contributed by atoms with Crippen molar-refractivity contribution in [2.24, 2.45) is 0 Å². The highest BCUT2D eigenvalue weighted by molar-refractivity contribution is 5.54. The number of allylic oxidation sites excluding steroid dienone is 3. The topological polar surface area (TPSA) is 26.0 Å². The van der Waals surface area contributed by atoms with E-state index in [9.17, 15) is 0 Å². The number of rotatable bonds is 2. The van der Waals surface area contributed by atoms with E-state index in [0.717, 1.165) is 5.69 Å². The van der Waals surface area contributed by atoms with Crippen LogP contribution in [-0.4, -0.2) is 0 Å². The molecular weight excluding hydrogens is 146 g/mol. The number of nitrogen functional groups attached to an aromatic ring is 1. The standard InChI is InChI=1S/C11H13N/c1-2-3-4-5-10-6-8-11(12)9-7-10/h2-9H,12H2,1H3. The van der Waals surface area contributed by atoms with Crippen molar-refractivity contribution in [3.8, 4) is 0 Å². The Morgan fingerprint density at radius 1 is 1.08 bits per heavy atom. The summed E-state index contributed by atoms with van der Waals surface area (Å²) in [6.45, 7) is 1.99. The van der Waals surface area contributed by atoms with Crippen LogP contribution in [0, 0.1) is 0 Å². The number of benzene rings is 1. The molecule has 62 valence electrons. The van der Waals surface area contributed by atoms with Gasteiger partial charge in [0.2, 0.25) is 0 Å². The lowest BCUT2D eigenvalue weighted by Crippen LogP contribution is -1.82. The van der Waals surface area contributed by atoms with Crippen LogP contribution in [0.4, 0.5) is 5.69 Å². The maximum atomic E-state index is 5.54. The van der Waals surface area contributed by atoms with Gasteiger partial charge in [-0.15, -0.1) is 0 Å². The third kappa shape index (κ3) is 2.62. The average molecular weight is 159 g/mol. The summed E-state index contributed by atoms with van der Waals surface area (Å²) < 4.78 is 0. The zero-order valence-corrected chi connectivity index (χ0v) is 7.20. The number of hydrogen-bond acceptors (Lipinski definition) is 1. The first-order valence-electron chi connectivity index (χ1n) is 3.98. The van der Waals surface area contributed by atoms with Gasteiger partial charge in [0.25, 0.3) is 0 Å². The molecule has 1 nitrogen and oxygen atoms in total. The summed E-state index contributed by atoms with van der Waals surface area (Å²) in [5.74, 6) is 0. The summed E-state index contributed by atoms with van der Waals surface area (Å²) in [5, 5.41) is 0. The molecule has 0 saturated carbocycles. The molecule has 1 aromatic carbocycles. The van der Waals surface area contributed by atoms with E-state index in [1.54, 1.807) is 0 Å². The Morgan fingerprint density at radius 3 is 2.33 bits per heavy atom. The molecule has 0 unspecified atom stereocenters. The van der Waals surface area contributed by atoms with Crippen LogP contribution in [0.2, 0.25) is 0 Å². The van der Waals surface area contributed by atoms with Crippen molar-refractivity contribution in [2.75, 3.05) is 5.73 Å². The molecule has 12 heavy (non-hydrogen) atoms. The Kier molecular flexibility index (Phi) is 3.15. The van der Waals surface area contributed by atoms with Gasteiger partial charge in [0.05, 0.1) is 0 Å². The molecule has 1 heteroatoms. The Hall–Kier alpha value is -1.50. The lowest BCUT2D eigenvalue weighted by atomic mass is 10.2. The van der Waals surface area contributed by atoms with Crippen molar-refractivity contribution < 1.29 is 0 Å². The molecule has 0 aliphatic carbocycles. The van der Waals surface area contributed by atoms with E-state index in [4.69, 9.17) is 5.73 Å². The van der Waals surface area contributed by atoms with Crippen molar-refractivity contribution in [3.63, 3.8) is 0 Å². The van der Waals surface area contributed by atoms with Gasteiger partial charge in [-0.3, -0.25) is 0 Å². The van der Waals surface area contributed by atoms with Crippen LogP contribution in [0.3, 0.4) is 0 Å². The third-order valence-corrected chi connectivity index (χ3v) is 1.53. The van der Waals surface area contributed by atoms with Gasteiger partial charge >= 0.3 is 0 Å². The summed E-state index contributed by atoms with van der Waals surface area (Å²) in [4.78, 5) is 0. The predicted octanol–water partition coefficient (Wildman–Crippen LogP) is 2.86. The first-order chi connectivity index (χ1) is 5.83. The lowest BCUT2D eigenvalue weighted by Gasteiger charge is -1.92. The van der Waals surface area contributed by atoms with Crippen LogP contribution in [-0.2, 0) is 0 Å². The summed E-state index contributed by atoms with van der Waals surface area (Å²) in [5.41, 5.74) is 7.52. The monoisotopic (exact) mass is 159 g/mol. The highest BCUT2D eigenvalue weighted by Gasteiger charge is 1.84. The van der Waals surface area contributed by atoms with Crippen LogP contribution >= 0.6 is 0 Å². The molecule has 0 radical (unpaired) electrons. The van der Waals surface area contributed by atoms with Crippen LogP contribution in [0.5, 0.6) is 0 Å². The molecule has 1 rings (SSSR count). The lowest BCUT2D eigenvalue weighted by molar-refractivity contribution is 1.64. The fraction of sp³-hybridized carbons (Fsp3) is 0.0909. The molecule has 0 aromatic heterocycles. The Bertz CT molecular complexity index is 280.